The Bertz CT molecular complexity index is 958. The molecule has 0 amide bonds. The Labute approximate surface area is 163 Å². The largest absolute Gasteiger partial charge is 0.416 e. The second kappa shape index (κ2) is 7.47. The summed E-state index contributed by atoms with van der Waals surface area (Å²) in [6.07, 6.45) is -1.38. The first-order valence-corrected chi connectivity index (χ1v) is 9.54. The quantitative estimate of drug-likeness (QED) is 0.553. The van der Waals surface area contributed by atoms with Gasteiger partial charge in [0.2, 0.25) is 0 Å². The van der Waals surface area contributed by atoms with Gasteiger partial charge in [0, 0.05) is 31.5 Å². The number of hydrogen-bond donors (Lipinski definition) is 0. The number of fused-ring (bicyclic) bond motifs is 1. The molecule has 146 valence electrons. The topological polar surface area (TPSA) is 8.17 Å². The lowest BCUT2D eigenvalue weighted by atomic mass is 9.98. The van der Waals surface area contributed by atoms with E-state index in [0.717, 1.165) is 36.3 Å². The number of aryl methyl sites for hydroxylation is 2. The minimum absolute atomic E-state index is 0.0707. The number of nitrogens with zero attached hydrogens (tertiary/aromatic N) is 2. The van der Waals surface area contributed by atoms with Crippen molar-refractivity contribution in [1.82, 2.24) is 9.47 Å². The Morgan fingerprint density at radius 2 is 1.79 bits per heavy atom. The number of aromatic nitrogens is 1. The molecule has 0 N–H and O–H groups in total. The van der Waals surface area contributed by atoms with E-state index in [9.17, 15) is 13.2 Å². The monoisotopic (exact) mass is 384 g/mol. The summed E-state index contributed by atoms with van der Waals surface area (Å²) in [5.74, 6) is 0. The van der Waals surface area contributed by atoms with Gasteiger partial charge in [0.05, 0.1) is 11.6 Å². The summed E-state index contributed by atoms with van der Waals surface area (Å²) in [6, 6.07) is 18.2. The molecule has 2 heterocycles. The van der Waals surface area contributed by atoms with Crippen LogP contribution in [0, 0.1) is 6.92 Å². The summed E-state index contributed by atoms with van der Waals surface area (Å²) in [5, 5.41) is 0. The molecule has 1 aliphatic rings. The highest BCUT2D eigenvalue weighted by Crippen LogP contribution is 2.36. The van der Waals surface area contributed by atoms with Gasteiger partial charge in [-0.3, -0.25) is 4.90 Å². The summed E-state index contributed by atoms with van der Waals surface area (Å²) in [4.78, 5) is 2.18. The van der Waals surface area contributed by atoms with Crippen LogP contribution < -0.4 is 0 Å². The Balaban J connectivity index is 1.77. The summed E-state index contributed by atoms with van der Waals surface area (Å²) in [6.45, 7) is 3.93. The molecule has 1 atom stereocenters. The van der Waals surface area contributed by atoms with Gasteiger partial charge in [-0.05, 0) is 42.7 Å². The van der Waals surface area contributed by atoms with Gasteiger partial charge in [-0.2, -0.15) is 13.2 Å². The standard InChI is InChI=1S/C23H23F3N2/c1-17-7-4-9-18(15-17)22-21-11-5-12-27(21)13-6-14-28(22)16-19-8-2-3-10-20(19)23(24,25)26/h2-5,7-12,15,22H,6,13-14,16H2,1H3/t22-/m1/s1. The van der Waals surface area contributed by atoms with Crippen molar-refractivity contribution in [2.75, 3.05) is 6.54 Å². The van der Waals surface area contributed by atoms with Crippen molar-refractivity contribution in [3.63, 3.8) is 0 Å². The van der Waals surface area contributed by atoms with Gasteiger partial charge in [-0.1, -0.05) is 48.0 Å². The molecule has 28 heavy (non-hydrogen) atoms. The van der Waals surface area contributed by atoms with Crippen LogP contribution in [0.25, 0.3) is 0 Å². The normalized spacial score (nSPS) is 17.9. The minimum Gasteiger partial charge on any atom is -0.350 e. The number of benzene rings is 2. The second-order valence-electron chi connectivity index (χ2n) is 7.42. The van der Waals surface area contributed by atoms with Gasteiger partial charge >= 0.3 is 6.18 Å². The van der Waals surface area contributed by atoms with E-state index in [2.05, 4.69) is 33.9 Å². The molecule has 0 saturated heterocycles. The van der Waals surface area contributed by atoms with E-state index >= 15 is 0 Å². The van der Waals surface area contributed by atoms with Gasteiger partial charge in [-0.25, -0.2) is 0 Å². The highest BCUT2D eigenvalue weighted by atomic mass is 19.4. The number of hydrogen-bond acceptors (Lipinski definition) is 1. The Kier molecular flexibility index (Phi) is 5.02. The minimum atomic E-state index is -4.35. The molecule has 0 fully saturated rings. The van der Waals surface area contributed by atoms with E-state index in [4.69, 9.17) is 0 Å². The van der Waals surface area contributed by atoms with Crippen molar-refractivity contribution >= 4 is 0 Å². The van der Waals surface area contributed by atoms with Crippen LogP contribution in [-0.4, -0.2) is 16.0 Å². The first-order chi connectivity index (χ1) is 13.4. The fourth-order valence-corrected chi connectivity index (χ4v) is 4.19. The highest BCUT2D eigenvalue weighted by molar-refractivity contribution is 5.34. The highest BCUT2D eigenvalue weighted by Gasteiger charge is 2.35. The SMILES string of the molecule is Cc1cccc([C@@H]2c3cccn3CCCN2Cc2ccccc2C(F)(F)F)c1. The molecule has 2 nitrogen and oxygen atoms in total. The average Bonchev–Trinajstić information content (AvgIpc) is 3.03. The van der Waals surface area contributed by atoms with E-state index < -0.39 is 11.7 Å². The Hall–Kier alpha value is -2.53. The molecule has 5 heteroatoms. The number of rotatable bonds is 3. The third kappa shape index (κ3) is 3.72. The zero-order valence-corrected chi connectivity index (χ0v) is 15.8. The Morgan fingerprint density at radius 1 is 0.964 bits per heavy atom. The maximum absolute atomic E-state index is 13.5. The van der Waals surface area contributed by atoms with Gasteiger partial charge in [0.15, 0.2) is 0 Å². The number of halogens is 3. The molecule has 0 bridgehead atoms. The van der Waals surface area contributed by atoms with Gasteiger partial charge in [0.1, 0.15) is 0 Å². The molecule has 1 aromatic heterocycles. The van der Waals surface area contributed by atoms with Crippen LogP contribution in [0.2, 0.25) is 0 Å². The zero-order chi connectivity index (χ0) is 19.7. The van der Waals surface area contributed by atoms with Crippen molar-refractivity contribution in [3.05, 3.63) is 94.8 Å². The number of alkyl halides is 3. The predicted octanol–water partition coefficient (Wildman–Crippen LogP) is 5.81. The third-order valence-corrected chi connectivity index (χ3v) is 5.41. The maximum atomic E-state index is 13.5. The first kappa shape index (κ1) is 18.8. The lowest BCUT2D eigenvalue weighted by Gasteiger charge is -2.31. The van der Waals surface area contributed by atoms with Crippen molar-refractivity contribution in [2.24, 2.45) is 0 Å². The van der Waals surface area contributed by atoms with E-state index in [-0.39, 0.29) is 12.6 Å². The Morgan fingerprint density at radius 3 is 2.57 bits per heavy atom. The van der Waals surface area contributed by atoms with E-state index in [1.807, 2.05) is 25.1 Å². The maximum Gasteiger partial charge on any atom is 0.416 e. The van der Waals surface area contributed by atoms with Crippen molar-refractivity contribution in [1.29, 1.82) is 0 Å². The van der Waals surface area contributed by atoms with Crippen molar-refractivity contribution in [3.8, 4) is 0 Å². The van der Waals surface area contributed by atoms with Crippen molar-refractivity contribution in [2.45, 2.75) is 38.7 Å². The predicted molar refractivity (Wildman–Crippen MR) is 104 cm³/mol. The first-order valence-electron chi connectivity index (χ1n) is 9.54. The summed E-state index contributed by atoms with van der Waals surface area (Å²) >= 11 is 0. The smallest absolute Gasteiger partial charge is 0.350 e. The fraction of sp³-hybridized carbons (Fsp3) is 0.304. The summed E-state index contributed by atoms with van der Waals surface area (Å²) in [5.41, 5.74) is 3.18. The third-order valence-electron chi connectivity index (χ3n) is 5.41. The summed E-state index contributed by atoms with van der Waals surface area (Å²) in [7, 11) is 0. The molecule has 0 aliphatic carbocycles. The second-order valence-corrected chi connectivity index (χ2v) is 7.42. The van der Waals surface area contributed by atoms with Crippen LogP contribution in [-0.2, 0) is 19.3 Å². The fourth-order valence-electron chi connectivity index (χ4n) is 4.19. The van der Waals surface area contributed by atoms with Gasteiger partial charge in [-0.15, -0.1) is 0 Å². The molecule has 3 aromatic rings. The van der Waals surface area contributed by atoms with Gasteiger partial charge < -0.3 is 4.57 Å². The van der Waals surface area contributed by atoms with Gasteiger partial charge in [0.25, 0.3) is 0 Å². The van der Waals surface area contributed by atoms with Crippen LogP contribution in [0.5, 0.6) is 0 Å². The summed E-state index contributed by atoms with van der Waals surface area (Å²) < 4.78 is 42.8. The van der Waals surface area contributed by atoms with Crippen LogP contribution >= 0.6 is 0 Å². The van der Waals surface area contributed by atoms with E-state index in [1.54, 1.807) is 12.1 Å². The lowest BCUT2D eigenvalue weighted by molar-refractivity contribution is -0.138. The molecule has 0 saturated carbocycles. The van der Waals surface area contributed by atoms with Crippen LogP contribution in [0.15, 0.2) is 66.9 Å². The van der Waals surface area contributed by atoms with Crippen LogP contribution in [0.1, 0.15) is 40.4 Å². The van der Waals surface area contributed by atoms with Crippen LogP contribution in [0.4, 0.5) is 13.2 Å². The molecular formula is C23H23F3N2. The van der Waals surface area contributed by atoms with E-state index in [1.165, 1.54) is 12.1 Å². The molecule has 2 aromatic carbocycles. The van der Waals surface area contributed by atoms with Crippen LogP contribution in [0.3, 0.4) is 0 Å². The van der Waals surface area contributed by atoms with Crippen molar-refractivity contribution < 1.29 is 13.2 Å². The molecule has 0 unspecified atom stereocenters. The zero-order valence-electron chi connectivity index (χ0n) is 15.8. The molecule has 1 aliphatic heterocycles. The molecule has 0 spiro atoms. The molecular weight excluding hydrogens is 361 g/mol. The lowest BCUT2D eigenvalue weighted by Crippen LogP contribution is -2.30. The van der Waals surface area contributed by atoms with E-state index in [0.29, 0.717) is 5.56 Å². The average molecular weight is 384 g/mol. The molecule has 4 rings (SSSR count). The molecule has 0 radical (unpaired) electrons.